The van der Waals surface area contributed by atoms with Crippen molar-refractivity contribution in [1.82, 2.24) is 10.6 Å². The molecule has 0 aromatic carbocycles. The molecule has 1 aromatic rings. The van der Waals surface area contributed by atoms with Gasteiger partial charge in [0.2, 0.25) is 0 Å². The maximum atomic E-state index is 9.94. The van der Waals surface area contributed by atoms with E-state index in [0.717, 1.165) is 45.6 Å². The van der Waals surface area contributed by atoms with Gasteiger partial charge in [0, 0.05) is 26.3 Å². The number of unbranched alkanes of at least 4 members (excludes halogenated alkanes) is 1. The van der Waals surface area contributed by atoms with E-state index in [0.29, 0.717) is 11.7 Å². The predicted molar refractivity (Wildman–Crippen MR) is 103 cm³/mol. The van der Waals surface area contributed by atoms with E-state index < -0.39 is 6.10 Å². The molecule has 1 heterocycles. The second-order valence-corrected chi connectivity index (χ2v) is 5.00. The molecule has 0 aliphatic rings. The van der Waals surface area contributed by atoms with Gasteiger partial charge in [0.25, 0.3) is 0 Å². The van der Waals surface area contributed by atoms with Crippen LogP contribution in [-0.4, -0.2) is 43.9 Å². The number of rotatable bonds is 11. The molecule has 1 rings (SSSR count). The Balaban J connectivity index is 0.00000484. The third kappa shape index (κ3) is 10.6. The van der Waals surface area contributed by atoms with E-state index in [1.54, 1.807) is 18.4 Å². The number of aliphatic hydroxyl groups excluding tert-OH is 1. The molecule has 1 aromatic heterocycles. The van der Waals surface area contributed by atoms with Crippen LogP contribution >= 0.6 is 24.0 Å². The van der Waals surface area contributed by atoms with Gasteiger partial charge in [-0.3, -0.25) is 4.99 Å². The van der Waals surface area contributed by atoms with Crippen LogP contribution in [-0.2, 0) is 4.74 Å². The summed E-state index contributed by atoms with van der Waals surface area (Å²) in [4.78, 5) is 4.36. The van der Waals surface area contributed by atoms with Gasteiger partial charge in [0.15, 0.2) is 5.96 Å². The van der Waals surface area contributed by atoms with Gasteiger partial charge in [-0.05, 0) is 31.9 Å². The first-order valence-electron chi connectivity index (χ1n) is 8.09. The Hall–Kier alpha value is -0.800. The highest BCUT2D eigenvalue weighted by atomic mass is 127. The van der Waals surface area contributed by atoms with Crippen LogP contribution in [0.15, 0.2) is 27.8 Å². The summed E-state index contributed by atoms with van der Waals surface area (Å²) in [6.07, 6.45) is 4.03. The Morgan fingerprint density at radius 1 is 1.30 bits per heavy atom. The maximum Gasteiger partial charge on any atom is 0.191 e. The Bertz CT molecular complexity index is 399. The molecule has 0 saturated heterocycles. The molecule has 23 heavy (non-hydrogen) atoms. The molecule has 3 N–H and O–H groups in total. The highest BCUT2D eigenvalue weighted by Crippen LogP contribution is 2.12. The molecule has 6 nitrogen and oxygen atoms in total. The Morgan fingerprint density at radius 3 is 2.74 bits per heavy atom. The van der Waals surface area contributed by atoms with E-state index in [1.807, 2.05) is 6.92 Å². The lowest BCUT2D eigenvalue weighted by molar-refractivity contribution is 0.129. The number of aliphatic imine (C=N–C) groups is 1. The van der Waals surface area contributed by atoms with Crippen LogP contribution in [0.25, 0.3) is 0 Å². The SMILES string of the molecule is CCCCOCCCNC(=NCC(O)c1ccco1)NCC.I. The first kappa shape index (κ1) is 22.2. The first-order valence-corrected chi connectivity index (χ1v) is 8.09. The molecule has 1 unspecified atom stereocenters. The highest BCUT2D eigenvalue weighted by molar-refractivity contribution is 14.0. The number of ether oxygens (including phenoxy) is 1. The summed E-state index contributed by atoms with van der Waals surface area (Å²) in [5.74, 6) is 1.23. The van der Waals surface area contributed by atoms with Crippen LogP contribution in [0.2, 0.25) is 0 Å². The van der Waals surface area contributed by atoms with Crippen molar-refractivity contribution in [3.63, 3.8) is 0 Å². The molecule has 134 valence electrons. The van der Waals surface area contributed by atoms with Crippen molar-refractivity contribution in [3.05, 3.63) is 24.2 Å². The molecule has 0 fully saturated rings. The fraction of sp³-hybridized carbons (Fsp3) is 0.688. The number of nitrogens with one attached hydrogen (secondary N) is 2. The molecule has 7 heteroatoms. The maximum absolute atomic E-state index is 9.94. The van der Waals surface area contributed by atoms with Crippen LogP contribution < -0.4 is 10.6 Å². The molecule has 0 spiro atoms. The summed E-state index contributed by atoms with van der Waals surface area (Å²) in [6, 6.07) is 3.50. The van der Waals surface area contributed by atoms with Gasteiger partial charge in [-0.15, -0.1) is 24.0 Å². The molecule has 0 bridgehead atoms. The topological polar surface area (TPSA) is 79.0 Å². The monoisotopic (exact) mass is 439 g/mol. The predicted octanol–water partition coefficient (Wildman–Crippen LogP) is 2.69. The largest absolute Gasteiger partial charge is 0.467 e. The van der Waals surface area contributed by atoms with Crippen LogP contribution in [0.5, 0.6) is 0 Å². The molecule has 1 atom stereocenters. The minimum Gasteiger partial charge on any atom is -0.467 e. The van der Waals surface area contributed by atoms with E-state index in [1.165, 1.54) is 0 Å². The Kier molecular flexibility index (Phi) is 14.3. The van der Waals surface area contributed by atoms with Crippen molar-refractivity contribution in [3.8, 4) is 0 Å². The van der Waals surface area contributed by atoms with Gasteiger partial charge >= 0.3 is 0 Å². The lowest BCUT2D eigenvalue weighted by Crippen LogP contribution is -2.38. The normalized spacial score (nSPS) is 12.6. The number of guanidine groups is 1. The van der Waals surface area contributed by atoms with Gasteiger partial charge in [-0.2, -0.15) is 0 Å². The number of nitrogens with zero attached hydrogens (tertiary/aromatic N) is 1. The number of aliphatic hydroxyl groups is 1. The van der Waals surface area contributed by atoms with Gasteiger partial charge in [-0.25, -0.2) is 0 Å². The molecule has 0 aliphatic heterocycles. The first-order chi connectivity index (χ1) is 10.8. The minimum absolute atomic E-state index is 0. The molecule has 0 amide bonds. The third-order valence-corrected chi connectivity index (χ3v) is 3.04. The highest BCUT2D eigenvalue weighted by Gasteiger charge is 2.09. The number of furan rings is 1. The molecule has 0 saturated carbocycles. The molecular formula is C16H30IN3O3. The van der Waals surface area contributed by atoms with E-state index in [4.69, 9.17) is 9.15 Å². The van der Waals surface area contributed by atoms with Crippen molar-refractivity contribution >= 4 is 29.9 Å². The average Bonchev–Trinajstić information content (AvgIpc) is 3.05. The molecule has 0 aliphatic carbocycles. The summed E-state index contributed by atoms with van der Waals surface area (Å²) in [7, 11) is 0. The van der Waals surface area contributed by atoms with Crippen molar-refractivity contribution in [2.75, 3.05) is 32.8 Å². The summed E-state index contributed by atoms with van der Waals surface area (Å²) in [5, 5.41) is 16.3. The quantitative estimate of drug-likeness (QED) is 0.214. The summed E-state index contributed by atoms with van der Waals surface area (Å²) < 4.78 is 10.7. The van der Waals surface area contributed by atoms with Crippen LogP contribution in [0.4, 0.5) is 0 Å². The van der Waals surface area contributed by atoms with E-state index in [2.05, 4.69) is 22.5 Å². The smallest absolute Gasteiger partial charge is 0.191 e. The lowest BCUT2D eigenvalue weighted by atomic mass is 10.3. The standard InChI is InChI=1S/C16H29N3O3.HI/c1-3-5-10-21-11-7-9-18-16(17-4-2)19-13-14(20)15-8-6-12-22-15;/h6,8,12,14,20H,3-5,7,9-11,13H2,1-2H3,(H2,17,18,19);1H. The van der Waals surface area contributed by atoms with Crippen molar-refractivity contribution in [1.29, 1.82) is 0 Å². The summed E-state index contributed by atoms with van der Waals surface area (Å²) in [6.45, 7) is 7.57. The fourth-order valence-corrected chi connectivity index (χ4v) is 1.82. The van der Waals surface area contributed by atoms with Gasteiger partial charge in [-0.1, -0.05) is 13.3 Å². The zero-order valence-electron chi connectivity index (χ0n) is 14.1. The Labute approximate surface area is 156 Å². The third-order valence-electron chi connectivity index (χ3n) is 3.04. The van der Waals surface area contributed by atoms with Crippen molar-refractivity contribution < 1.29 is 14.3 Å². The lowest BCUT2D eigenvalue weighted by Gasteiger charge is -2.12. The molecule has 0 radical (unpaired) electrons. The Morgan fingerprint density at radius 2 is 2.09 bits per heavy atom. The summed E-state index contributed by atoms with van der Waals surface area (Å²) in [5.41, 5.74) is 0. The van der Waals surface area contributed by atoms with E-state index >= 15 is 0 Å². The minimum atomic E-state index is -0.720. The number of halogens is 1. The second-order valence-electron chi connectivity index (χ2n) is 5.00. The number of hydrogen-bond acceptors (Lipinski definition) is 4. The zero-order chi connectivity index (χ0) is 16.0. The summed E-state index contributed by atoms with van der Waals surface area (Å²) >= 11 is 0. The average molecular weight is 439 g/mol. The van der Waals surface area contributed by atoms with Crippen LogP contribution in [0.3, 0.4) is 0 Å². The van der Waals surface area contributed by atoms with Gasteiger partial charge < -0.3 is 24.9 Å². The van der Waals surface area contributed by atoms with Crippen LogP contribution in [0, 0.1) is 0 Å². The van der Waals surface area contributed by atoms with E-state index in [9.17, 15) is 5.11 Å². The van der Waals surface area contributed by atoms with E-state index in [-0.39, 0.29) is 30.5 Å². The fourth-order valence-electron chi connectivity index (χ4n) is 1.82. The molecular weight excluding hydrogens is 409 g/mol. The van der Waals surface area contributed by atoms with Gasteiger partial charge in [0.1, 0.15) is 11.9 Å². The van der Waals surface area contributed by atoms with Crippen LogP contribution in [0.1, 0.15) is 45.0 Å². The number of hydrogen-bond donors (Lipinski definition) is 3. The second kappa shape index (κ2) is 14.8. The van der Waals surface area contributed by atoms with Crippen molar-refractivity contribution in [2.24, 2.45) is 4.99 Å². The van der Waals surface area contributed by atoms with Crippen molar-refractivity contribution in [2.45, 2.75) is 39.2 Å². The van der Waals surface area contributed by atoms with Gasteiger partial charge in [0.05, 0.1) is 12.8 Å². The zero-order valence-corrected chi connectivity index (χ0v) is 16.4.